The molecule has 1 aliphatic heterocycles. The zero-order chi connectivity index (χ0) is 14.0. The van der Waals surface area contributed by atoms with Gasteiger partial charge in [0.25, 0.3) is 0 Å². The molecule has 0 bridgehead atoms. The summed E-state index contributed by atoms with van der Waals surface area (Å²) in [5.41, 5.74) is 1.10. The highest BCUT2D eigenvalue weighted by Crippen LogP contribution is 2.20. The Morgan fingerprint density at radius 3 is 2.84 bits per heavy atom. The molecule has 1 N–H and O–H groups in total. The average molecular weight is 264 g/mol. The molecule has 0 spiro atoms. The van der Waals surface area contributed by atoms with E-state index in [9.17, 15) is 0 Å². The van der Waals surface area contributed by atoms with Crippen LogP contribution in [0.4, 0.5) is 5.95 Å². The Kier molecular flexibility index (Phi) is 4.50. The lowest BCUT2D eigenvalue weighted by atomic mass is 9.99. The number of aryl methyl sites for hydroxylation is 1. The molecule has 0 aliphatic carbocycles. The maximum absolute atomic E-state index is 4.64. The van der Waals surface area contributed by atoms with Crippen LogP contribution in [0.15, 0.2) is 6.20 Å². The summed E-state index contributed by atoms with van der Waals surface area (Å²) in [5.74, 6) is 1.69. The number of hydrogen-bond donors (Lipinski definition) is 1. The number of nitrogens with zero attached hydrogens (tertiary/aromatic N) is 3. The number of aromatic nitrogens is 2. The highest BCUT2D eigenvalue weighted by atomic mass is 15.2. The van der Waals surface area contributed by atoms with E-state index in [1.807, 2.05) is 0 Å². The van der Waals surface area contributed by atoms with Crippen LogP contribution in [0.1, 0.15) is 39.3 Å². The van der Waals surface area contributed by atoms with Gasteiger partial charge < -0.3 is 14.8 Å². The van der Waals surface area contributed by atoms with Crippen LogP contribution < -0.4 is 5.32 Å². The highest BCUT2D eigenvalue weighted by Gasteiger charge is 2.23. The van der Waals surface area contributed by atoms with E-state index < -0.39 is 0 Å². The Morgan fingerprint density at radius 1 is 1.47 bits per heavy atom. The number of imidazole rings is 1. The van der Waals surface area contributed by atoms with Crippen molar-refractivity contribution in [1.82, 2.24) is 14.5 Å². The largest absolute Gasteiger partial charge is 0.353 e. The molecule has 1 aliphatic rings. The fourth-order valence-electron chi connectivity index (χ4n) is 2.80. The maximum Gasteiger partial charge on any atom is 0.203 e. The molecule has 2 atom stereocenters. The van der Waals surface area contributed by atoms with Crippen molar-refractivity contribution in [2.75, 3.05) is 18.9 Å². The summed E-state index contributed by atoms with van der Waals surface area (Å²) < 4.78 is 2.27. The molecular weight excluding hydrogens is 236 g/mol. The van der Waals surface area contributed by atoms with E-state index in [0.29, 0.717) is 18.0 Å². The van der Waals surface area contributed by atoms with Crippen LogP contribution in [0.3, 0.4) is 0 Å². The quantitative estimate of drug-likeness (QED) is 0.907. The molecule has 2 unspecified atom stereocenters. The molecule has 1 fully saturated rings. The minimum atomic E-state index is 0.555. The lowest BCUT2D eigenvalue weighted by Gasteiger charge is -2.35. The Labute approximate surface area is 117 Å². The zero-order valence-corrected chi connectivity index (χ0v) is 13.0. The second kappa shape index (κ2) is 5.95. The number of piperidine rings is 1. The summed E-state index contributed by atoms with van der Waals surface area (Å²) >= 11 is 0. The molecule has 4 heteroatoms. The van der Waals surface area contributed by atoms with Crippen LogP contribution in [-0.4, -0.2) is 40.1 Å². The molecule has 1 saturated heterocycles. The monoisotopic (exact) mass is 264 g/mol. The third-order valence-corrected chi connectivity index (χ3v) is 4.00. The van der Waals surface area contributed by atoms with E-state index in [0.717, 1.165) is 18.2 Å². The summed E-state index contributed by atoms with van der Waals surface area (Å²) in [4.78, 5) is 7.07. The van der Waals surface area contributed by atoms with E-state index in [1.165, 1.54) is 19.4 Å². The topological polar surface area (TPSA) is 33.1 Å². The van der Waals surface area contributed by atoms with Crippen LogP contribution in [0, 0.1) is 12.8 Å². The van der Waals surface area contributed by atoms with Gasteiger partial charge in [0, 0.05) is 31.4 Å². The van der Waals surface area contributed by atoms with Crippen molar-refractivity contribution in [2.24, 2.45) is 5.92 Å². The Morgan fingerprint density at radius 2 is 2.21 bits per heavy atom. The van der Waals surface area contributed by atoms with E-state index in [4.69, 9.17) is 0 Å². The Bertz CT molecular complexity index is 410. The molecule has 4 nitrogen and oxygen atoms in total. The number of likely N-dealkylation sites (tertiary alicyclic amines) is 1. The smallest absolute Gasteiger partial charge is 0.203 e. The van der Waals surface area contributed by atoms with Gasteiger partial charge in [-0.2, -0.15) is 0 Å². The summed E-state index contributed by atoms with van der Waals surface area (Å²) in [5, 5.41) is 3.65. The molecule has 1 aromatic rings. The number of anilines is 1. The zero-order valence-electron chi connectivity index (χ0n) is 13.0. The van der Waals surface area contributed by atoms with Gasteiger partial charge in [0.1, 0.15) is 0 Å². The van der Waals surface area contributed by atoms with Gasteiger partial charge >= 0.3 is 0 Å². The molecule has 19 heavy (non-hydrogen) atoms. The molecule has 0 radical (unpaired) electrons. The third kappa shape index (κ3) is 3.72. The minimum absolute atomic E-state index is 0.555. The fraction of sp³-hybridized carbons (Fsp3) is 0.800. The van der Waals surface area contributed by atoms with Gasteiger partial charge in [-0.15, -0.1) is 0 Å². The second-order valence-electron chi connectivity index (χ2n) is 6.45. The number of nitrogens with one attached hydrogen (secondary N) is 1. The first-order valence-corrected chi connectivity index (χ1v) is 7.46. The molecule has 2 heterocycles. The standard InChI is InChI=1S/C15H28N4/c1-11(2)9-19-10-12(3)16-15(19)17-14-6-7-18(5)13(4)8-14/h10-11,13-14H,6-9H2,1-5H3,(H,16,17). The Balaban J connectivity index is 2.02. The highest BCUT2D eigenvalue weighted by molar-refractivity contribution is 5.30. The predicted molar refractivity (Wildman–Crippen MR) is 80.5 cm³/mol. The van der Waals surface area contributed by atoms with E-state index in [1.54, 1.807) is 0 Å². The molecular formula is C15H28N4. The van der Waals surface area contributed by atoms with Gasteiger partial charge in [0.2, 0.25) is 5.95 Å². The first-order chi connectivity index (χ1) is 8.95. The van der Waals surface area contributed by atoms with Crippen molar-refractivity contribution in [1.29, 1.82) is 0 Å². The van der Waals surface area contributed by atoms with Gasteiger partial charge in [-0.25, -0.2) is 4.98 Å². The van der Waals surface area contributed by atoms with Crippen LogP contribution in [-0.2, 0) is 6.54 Å². The molecule has 108 valence electrons. The number of rotatable bonds is 4. The van der Waals surface area contributed by atoms with Crippen LogP contribution in [0.5, 0.6) is 0 Å². The molecule has 2 rings (SSSR count). The van der Waals surface area contributed by atoms with Crippen molar-refractivity contribution in [3.8, 4) is 0 Å². The van der Waals surface area contributed by atoms with E-state index >= 15 is 0 Å². The first kappa shape index (κ1) is 14.4. The SMILES string of the molecule is Cc1cn(CC(C)C)c(NC2CCN(C)C(C)C2)n1. The lowest BCUT2D eigenvalue weighted by molar-refractivity contribution is 0.189. The first-order valence-electron chi connectivity index (χ1n) is 7.46. The summed E-state index contributed by atoms with van der Waals surface area (Å²) in [6.07, 6.45) is 4.55. The average Bonchev–Trinajstić information content (AvgIpc) is 2.63. The van der Waals surface area contributed by atoms with E-state index in [-0.39, 0.29) is 0 Å². The second-order valence-corrected chi connectivity index (χ2v) is 6.45. The molecule has 0 amide bonds. The van der Waals surface area contributed by atoms with Crippen LogP contribution in [0.2, 0.25) is 0 Å². The van der Waals surface area contributed by atoms with Crippen LogP contribution >= 0.6 is 0 Å². The van der Waals surface area contributed by atoms with Gasteiger partial charge in [-0.05, 0) is 39.7 Å². The normalized spacial score (nSPS) is 24.9. The van der Waals surface area contributed by atoms with Crippen LogP contribution in [0.25, 0.3) is 0 Å². The van der Waals surface area contributed by atoms with Crippen molar-refractivity contribution in [2.45, 2.75) is 59.2 Å². The predicted octanol–water partition coefficient (Wildman–Crippen LogP) is 2.74. The fourth-order valence-corrected chi connectivity index (χ4v) is 2.80. The summed E-state index contributed by atoms with van der Waals surface area (Å²) in [7, 11) is 2.21. The van der Waals surface area contributed by atoms with Crippen molar-refractivity contribution < 1.29 is 0 Å². The molecule has 1 aromatic heterocycles. The van der Waals surface area contributed by atoms with Gasteiger partial charge in [0.15, 0.2) is 0 Å². The Hall–Kier alpha value is -1.03. The number of hydrogen-bond acceptors (Lipinski definition) is 3. The maximum atomic E-state index is 4.64. The van der Waals surface area contributed by atoms with Gasteiger partial charge in [-0.3, -0.25) is 0 Å². The lowest BCUT2D eigenvalue weighted by Crippen LogP contribution is -2.43. The van der Waals surface area contributed by atoms with Gasteiger partial charge in [0.05, 0.1) is 5.69 Å². The van der Waals surface area contributed by atoms with Crippen molar-refractivity contribution in [3.63, 3.8) is 0 Å². The van der Waals surface area contributed by atoms with E-state index in [2.05, 4.69) is 60.7 Å². The van der Waals surface area contributed by atoms with Crippen molar-refractivity contribution >= 4 is 5.95 Å². The third-order valence-electron chi connectivity index (χ3n) is 4.00. The van der Waals surface area contributed by atoms with Gasteiger partial charge in [-0.1, -0.05) is 13.8 Å². The molecule has 0 saturated carbocycles. The minimum Gasteiger partial charge on any atom is -0.353 e. The summed E-state index contributed by atoms with van der Waals surface area (Å²) in [6.45, 7) is 11.1. The molecule has 0 aromatic carbocycles. The van der Waals surface area contributed by atoms with Crippen molar-refractivity contribution in [3.05, 3.63) is 11.9 Å². The summed E-state index contributed by atoms with van der Waals surface area (Å²) in [6, 6.07) is 1.21.